The molecule has 1 aliphatic rings. The maximum Gasteiger partial charge on any atom is 0.197 e. The molecule has 116 valence electrons. The summed E-state index contributed by atoms with van der Waals surface area (Å²) < 4.78 is 26.3. The van der Waals surface area contributed by atoms with Crippen molar-refractivity contribution in [2.45, 2.75) is 6.54 Å². The molecule has 2 aromatic carbocycles. The molecule has 3 rings (SSSR count). The van der Waals surface area contributed by atoms with Crippen LogP contribution in [0.1, 0.15) is 26.3 Å². The van der Waals surface area contributed by atoms with Crippen LogP contribution in [0.3, 0.4) is 0 Å². The van der Waals surface area contributed by atoms with Gasteiger partial charge < -0.3 is 5.32 Å². The highest BCUT2D eigenvalue weighted by atomic mass is 19.1. The van der Waals surface area contributed by atoms with Crippen LogP contribution in [0.5, 0.6) is 0 Å². The second kappa shape index (κ2) is 6.22. The molecule has 0 aromatic heterocycles. The first-order chi connectivity index (χ1) is 11.1. The quantitative estimate of drug-likeness (QED) is 0.536. The summed E-state index contributed by atoms with van der Waals surface area (Å²) in [5.74, 6) is -1.85. The van der Waals surface area contributed by atoms with Gasteiger partial charge in [-0.2, -0.15) is 0 Å². The number of ketones is 2. The topological polar surface area (TPSA) is 46.2 Å². The van der Waals surface area contributed by atoms with Crippen molar-refractivity contribution in [2.24, 2.45) is 0 Å². The zero-order chi connectivity index (χ0) is 16.4. The molecular weight excluding hydrogens is 300 g/mol. The summed E-state index contributed by atoms with van der Waals surface area (Å²) in [4.78, 5) is 24.3. The van der Waals surface area contributed by atoms with Gasteiger partial charge in [0, 0.05) is 35.8 Å². The second-order valence-electron chi connectivity index (χ2n) is 5.19. The van der Waals surface area contributed by atoms with Crippen LogP contribution in [0.2, 0.25) is 0 Å². The molecule has 0 atom stereocenters. The lowest BCUT2D eigenvalue weighted by Gasteiger charge is -2.04. The highest BCUT2D eigenvalue weighted by Gasteiger charge is 2.32. The van der Waals surface area contributed by atoms with Crippen molar-refractivity contribution < 1.29 is 18.4 Å². The van der Waals surface area contributed by atoms with Crippen LogP contribution < -0.4 is 5.32 Å². The molecule has 3 nitrogen and oxygen atoms in total. The van der Waals surface area contributed by atoms with Crippen molar-refractivity contribution >= 4 is 11.6 Å². The standard InChI is InChI=1S/C18H13F2NO2/c19-12-6-5-11(16(20)9-12)10-21-8-7-15-17(22)13-3-1-2-4-14(13)18(15)23/h1-7,9,21H,8,10H2. The Morgan fingerprint density at radius 3 is 2.22 bits per heavy atom. The van der Waals surface area contributed by atoms with Crippen molar-refractivity contribution in [2.75, 3.05) is 6.54 Å². The summed E-state index contributed by atoms with van der Waals surface area (Å²) in [5, 5.41) is 2.91. The molecule has 1 N–H and O–H groups in total. The van der Waals surface area contributed by atoms with E-state index in [1.165, 1.54) is 18.2 Å². The number of Topliss-reactive ketones (excluding diaryl/α,β-unsaturated/α-hetero) is 2. The highest BCUT2D eigenvalue weighted by Crippen LogP contribution is 2.25. The van der Waals surface area contributed by atoms with Gasteiger partial charge in [0.1, 0.15) is 11.6 Å². The fourth-order valence-corrected chi connectivity index (χ4v) is 2.50. The first-order valence-electron chi connectivity index (χ1n) is 7.11. The van der Waals surface area contributed by atoms with E-state index in [0.29, 0.717) is 16.7 Å². The average molecular weight is 313 g/mol. The number of benzene rings is 2. The molecule has 5 heteroatoms. The smallest absolute Gasteiger partial charge is 0.197 e. The predicted octanol–water partition coefficient (Wildman–Crippen LogP) is 3.06. The van der Waals surface area contributed by atoms with E-state index in [-0.39, 0.29) is 30.2 Å². The first-order valence-corrected chi connectivity index (χ1v) is 7.11. The maximum absolute atomic E-state index is 13.5. The summed E-state index contributed by atoms with van der Waals surface area (Å²) >= 11 is 0. The summed E-state index contributed by atoms with van der Waals surface area (Å²) in [5.41, 5.74) is 1.26. The molecule has 0 unspecified atom stereocenters. The second-order valence-corrected chi connectivity index (χ2v) is 5.19. The predicted molar refractivity (Wildman–Crippen MR) is 81.3 cm³/mol. The van der Waals surface area contributed by atoms with Gasteiger partial charge in [-0.1, -0.05) is 36.4 Å². The van der Waals surface area contributed by atoms with Crippen LogP contribution in [0.15, 0.2) is 54.1 Å². The van der Waals surface area contributed by atoms with E-state index in [1.807, 2.05) is 0 Å². The lowest BCUT2D eigenvalue weighted by molar-refractivity contribution is 0.0988. The minimum absolute atomic E-state index is 0.123. The number of hydrogen-bond donors (Lipinski definition) is 1. The maximum atomic E-state index is 13.5. The Kier molecular flexibility index (Phi) is 4.12. The minimum Gasteiger partial charge on any atom is -0.309 e. The Labute approximate surface area is 131 Å². The third-order valence-electron chi connectivity index (χ3n) is 3.69. The Balaban J connectivity index is 1.65. The normalized spacial score (nSPS) is 13.4. The van der Waals surface area contributed by atoms with E-state index >= 15 is 0 Å². The molecule has 2 aromatic rings. The first kappa shape index (κ1) is 15.2. The molecule has 0 saturated heterocycles. The van der Waals surface area contributed by atoms with Gasteiger partial charge in [-0.05, 0) is 6.07 Å². The van der Waals surface area contributed by atoms with E-state index in [9.17, 15) is 18.4 Å². The van der Waals surface area contributed by atoms with E-state index in [0.717, 1.165) is 6.07 Å². The Hall–Kier alpha value is -2.66. The summed E-state index contributed by atoms with van der Waals surface area (Å²) in [6, 6.07) is 10.0. The number of carbonyl (C=O) groups is 2. The van der Waals surface area contributed by atoms with Crippen LogP contribution >= 0.6 is 0 Å². The lowest BCUT2D eigenvalue weighted by Crippen LogP contribution is -2.16. The van der Waals surface area contributed by atoms with E-state index in [1.54, 1.807) is 24.3 Å². The Morgan fingerprint density at radius 1 is 0.957 bits per heavy atom. The summed E-state index contributed by atoms with van der Waals surface area (Å²) in [6.45, 7) is 0.406. The number of carbonyl (C=O) groups excluding carboxylic acids is 2. The average Bonchev–Trinajstić information content (AvgIpc) is 2.78. The van der Waals surface area contributed by atoms with Gasteiger partial charge in [-0.15, -0.1) is 0 Å². The fourth-order valence-electron chi connectivity index (χ4n) is 2.50. The molecule has 0 fully saturated rings. The molecule has 23 heavy (non-hydrogen) atoms. The molecule has 0 aliphatic heterocycles. The monoisotopic (exact) mass is 313 g/mol. The van der Waals surface area contributed by atoms with E-state index in [2.05, 4.69) is 5.32 Å². The van der Waals surface area contributed by atoms with Gasteiger partial charge in [0.15, 0.2) is 11.6 Å². The van der Waals surface area contributed by atoms with Crippen LogP contribution in [0.25, 0.3) is 0 Å². The van der Waals surface area contributed by atoms with Gasteiger partial charge in [-0.25, -0.2) is 8.78 Å². The van der Waals surface area contributed by atoms with Gasteiger partial charge in [0.2, 0.25) is 0 Å². The van der Waals surface area contributed by atoms with Gasteiger partial charge in [0.25, 0.3) is 0 Å². The number of rotatable bonds is 4. The van der Waals surface area contributed by atoms with Crippen molar-refractivity contribution in [3.05, 3.63) is 82.4 Å². The van der Waals surface area contributed by atoms with Crippen molar-refractivity contribution in [3.63, 3.8) is 0 Å². The molecule has 0 amide bonds. The number of halogens is 2. The molecule has 0 bridgehead atoms. The van der Waals surface area contributed by atoms with Gasteiger partial charge in [0.05, 0.1) is 5.57 Å². The number of fused-ring (bicyclic) bond motifs is 1. The largest absolute Gasteiger partial charge is 0.309 e. The van der Waals surface area contributed by atoms with Gasteiger partial charge >= 0.3 is 0 Å². The zero-order valence-corrected chi connectivity index (χ0v) is 12.1. The molecule has 0 heterocycles. The molecule has 0 spiro atoms. The number of hydrogen-bond acceptors (Lipinski definition) is 3. The molecular formula is C18H13F2NO2. The highest BCUT2D eigenvalue weighted by molar-refractivity contribution is 6.39. The van der Waals surface area contributed by atoms with Crippen molar-refractivity contribution in [1.29, 1.82) is 0 Å². The van der Waals surface area contributed by atoms with Gasteiger partial charge in [-0.3, -0.25) is 9.59 Å². The van der Waals surface area contributed by atoms with E-state index in [4.69, 9.17) is 0 Å². The Bertz CT molecular complexity index is 791. The molecule has 0 saturated carbocycles. The number of nitrogens with one attached hydrogen (secondary N) is 1. The van der Waals surface area contributed by atoms with Crippen LogP contribution in [0, 0.1) is 11.6 Å². The molecule has 1 aliphatic carbocycles. The SMILES string of the molecule is O=C1C(=CCNCc2ccc(F)cc2F)C(=O)c2ccccc21. The van der Waals surface area contributed by atoms with Crippen molar-refractivity contribution in [3.8, 4) is 0 Å². The van der Waals surface area contributed by atoms with E-state index < -0.39 is 11.6 Å². The molecule has 0 radical (unpaired) electrons. The fraction of sp³-hybridized carbons (Fsp3) is 0.111. The zero-order valence-electron chi connectivity index (χ0n) is 12.1. The third-order valence-corrected chi connectivity index (χ3v) is 3.69. The summed E-state index contributed by atoms with van der Waals surface area (Å²) in [7, 11) is 0. The van der Waals surface area contributed by atoms with Crippen LogP contribution in [0.4, 0.5) is 8.78 Å². The lowest BCUT2D eigenvalue weighted by atomic mass is 10.1. The third kappa shape index (κ3) is 2.96. The minimum atomic E-state index is -0.634. The summed E-state index contributed by atoms with van der Waals surface area (Å²) in [6.07, 6.45) is 1.51. The van der Waals surface area contributed by atoms with Crippen LogP contribution in [-0.4, -0.2) is 18.1 Å². The Morgan fingerprint density at radius 2 is 1.61 bits per heavy atom. The van der Waals surface area contributed by atoms with Crippen molar-refractivity contribution in [1.82, 2.24) is 5.32 Å². The number of allylic oxidation sites excluding steroid dienone is 1. The van der Waals surface area contributed by atoms with Crippen LogP contribution in [-0.2, 0) is 6.54 Å².